The van der Waals surface area contributed by atoms with Gasteiger partial charge in [0.1, 0.15) is 6.04 Å². The first kappa shape index (κ1) is 17.6. The lowest BCUT2D eigenvalue weighted by Crippen LogP contribution is -2.46. The summed E-state index contributed by atoms with van der Waals surface area (Å²) in [7, 11) is 0. The van der Waals surface area contributed by atoms with Crippen molar-refractivity contribution >= 4 is 52.6 Å². The molecule has 2 atom stereocenters. The van der Waals surface area contributed by atoms with Crippen molar-refractivity contribution < 1.29 is 19.1 Å². The Morgan fingerprint density at radius 1 is 1.38 bits per heavy atom. The molecule has 128 valence electrons. The fraction of sp³-hybridized carbons (Fsp3) is 0.438. The molecule has 2 aliphatic rings. The van der Waals surface area contributed by atoms with Crippen LogP contribution in [-0.4, -0.2) is 45.8 Å². The number of halogens is 2. The molecule has 0 spiro atoms. The van der Waals surface area contributed by atoms with Crippen molar-refractivity contribution in [2.75, 3.05) is 12.4 Å². The van der Waals surface area contributed by atoms with E-state index in [-0.39, 0.29) is 21.6 Å². The fourth-order valence-electron chi connectivity index (χ4n) is 2.98. The second-order valence-electron chi connectivity index (χ2n) is 5.93. The number of amides is 1. The highest BCUT2D eigenvalue weighted by atomic mass is 35.5. The maximum absolute atomic E-state index is 12.3. The molecule has 3 rings (SSSR count). The van der Waals surface area contributed by atoms with E-state index in [9.17, 15) is 14.4 Å². The number of esters is 1. The zero-order chi connectivity index (χ0) is 17.5. The monoisotopic (exact) mass is 387 g/mol. The maximum Gasteiger partial charge on any atom is 0.330 e. The number of fused-ring (bicyclic) bond motifs is 1. The number of hydrogen-bond acceptors (Lipinski definition) is 5. The number of Topliss-reactive ketones (excluding diaryl/α,β-unsaturated/α-hetero) is 1. The van der Waals surface area contributed by atoms with Gasteiger partial charge in [-0.2, -0.15) is 0 Å². The minimum atomic E-state index is -0.628. The molecule has 0 radical (unpaired) electrons. The van der Waals surface area contributed by atoms with Crippen molar-refractivity contribution in [2.24, 2.45) is 0 Å². The molecular weight excluding hydrogens is 373 g/mol. The largest absolute Gasteiger partial charge is 0.456 e. The summed E-state index contributed by atoms with van der Waals surface area (Å²) in [5, 5.41) is 0.611. The van der Waals surface area contributed by atoms with E-state index in [0.29, 0.717) is 22.8 Å². The van der Waals surface area contributed by atoms with Gasteiger partial charge < -0.3 is 9.64 Å². The molecule has 0 aliphatic carbocycles. The Morgan fingerprint density at radius 2 is 2.12 bits per heavy atom. The Morgan fingerprint density at radius 3 is 2.83 bits per heavy atom. The van der Waals surface area contributed by atoms with Gasteiger partial charge in [-0.05, 0) is 31.5 Å². The zero-order valence-corrected chi connectivity index (χ0v) is 15.2. The van der Waals surface area contributed by atoms with Crippen molar-refractivity contribution in [1.82, 2.24) is 4.90 Å². The van der Waals surface area contributed by atoms with Crippen LogP contribution < -0.4 is 0 Å². The number of ketones is 1. The topological polar surface area (TPSA) is 63.7 Å². The maximum atomic E-state index is 12.3. The number of ether oxygens (including phenoxy) is 1. The highest BCUT2D eigenvalue weighted by molar-refractivity contribution is 8.01. The summed E-state index contributed by atoms with van der Waals surface area (Å²) in [6.07, 6.45) is 1.16. The lowest BCUT2D eigenvalue weighted by Gasteiger charge is -2.29. The smallest absolute Gasteiger partial charge is 0.330 e. The minimum absolute atomic E-state index is 0.0414. The molecular formula is C16H15Cl2NO4S. The van der Waals surface area contributed by atoms with Crippen LogP contribution in [0.15, 0.2) is 18.2 Å². The van der Waals surface area contributed by atoms with Crippen molar-refractivity contribution in [3.05, 3.63) is 33.8 Å². The van der Waals surface area contributed by atoms with Crippen LogP contribution in [-0.2, 0) is 14.3 Å². The highest BCUT2D eigenvalue weighted by Crippen LogP contribution is 2.47. The van der Waals surface area contributed by atoms with Gasteiger partial charge in [0.2, 0.25) is 5.91 Å². The van der Waals surface area contributed by atoms with Gasteiger partial charge >= 0.3 is 5.97 Å². The third-order valence-electron chi connectivity index (χ3n) is 4.30. The first-order valence-electron chi connectivity index (χ1n) is 7.43. The molecule has 2 fully saturated rings. The second-order valence-corrected chi connectivity index (χ2v) is 8.24. The number of carbonyl (C=O) groups is 3. The summed E-state index contributed by atoms with van der Waals surface area (Å²) < 4.78 is 5.14. The molecule has 1 aromatic carbocycles. The Balaban J connectivity index is 1.62. The molecule has 2 heterocycles. The molecule has 0 aromatic heterocycles. The van der Waals surface area contributed by atoms with E-state index in [1.807, 2.05) is 6.92 Å². The van der Waals surface area contributed by atoms with Crippen molar-refractivity contribution in [3.63, 3.8) is 0 Å². The predicted octanol–water partition coefficient (Wildman–Crippen LogP) is 3.17. The number of rotatable bonds is 4. The lowest BCUT2D eigenvalue weighted by atomic mass is 10.1. The van der Waals surface area contributed by atoms with E-state index in [1.165, 1.54) is 18.2 Å². The number of thioether (sulfide) groups is 1. The summed E-state index contributed by atoms with van der Waals surface area (Å²) in [6, 6.07) is 3.85. The number of carbonyl (C=O) groups excluding carboxylic acids is 3. The van der Waals surface area contributed by atoms with Gasteiger partial charge in [-0.1, -0.05) is 23.2 Å². The molecule has 1 amide bonds. The average molecular weight is 388 g/mol. The number of nitrogens with zero attached hydrogens (tertiary/aromatic N) is 1. The summed E-state index contributed by atoms with van der Waals surface area (Å²) >= 11 is 13.3. The summed E-state index contributed by atoms with van der Waals surface area (Å²) in [4.78, 5) is 37.7. The second kappa shape index (κ2) is 6.58. The average Bonchev–Trinajstić information content (AvgIpc) is 3.04. The molecule has 0 N–H and O–H groups in total. The van der Waals surface area contributed by atoms with E-state index < -0.39 is 18.6 Å². The first-order chi connectivity index (χ1) is 11.3. The molecule has 2 saturated heterocycles. The molecule has 24 heavy (non-hydrogen) atoms. The van der Waals surface area contributed by atoms with Gasteiger partial charge in [-0.25, -0.2) is 4.79 Å². The molecule has 0 unspecified atom stereocenters. The van der Waals surface area contributed by atoms with Crippen LogP contribution in [0.3, 0.4) is 0 Å². The van der Waals surface area contributed by atoms with Crippen LogP contribution in [0.4, 0.5) is 0 Å². The van der Waals surface area contributed by atoms with Gasteiger partial charge in [0.15, 0.2) is 12.4 Å². The van der Waals surface area contributed by atoms with Gasteiger partial charge in [0, 0.05) is 17.7 Å². The Kier molecular flexibility index (Phi) is 4.82. The van der Waals surface area contributed by atoms with E-state index in [2.05, 4.69) is 0 Å². The molecule has 5 nitrogen and oxygen atoms in total. The normalized spacial score (nSPS) is 25.7. The van der Waals surface area contributed by atoms with Crippen molar-refractivity contribution in [1.29, 1.82) is 0 Å². The van der Waals surface area contributed by atoms with Crippen LogP contribution in [0.5, 0.6) is 0 Å². The molecule has 0 saturated carbocycles. The Hall–Kier alpha value is -1.24. The molecule has 8 heteroatoms. The van der Waals surface area contributed by atoms with Gasteiger partial charge in [0.25, 0.3) is 0 Å². The van der Waals surface area contributed by atoms with E-state index >= 15 is 0 Å². The number of benzene rings is 1. The van der Waals surface area contributed by atoms with E-state index in [1.54, 1.807) is 16.7 Å². The Labute approximate surface area is 153 Å². The third-order valence-corrected chi connectivity index (χ3v) is 6.55. The first-order valence-corrected chi connectivity index (χ1v) is 9.17. The zero-order valence-electron chi connectivity index (χ0n) is 12.9. The standard InChI is InChI=1S/C16H15Cl2NO4S/c1-16-5-4-14(21)19(16)12(8-24-16)15(22)23-7-13(20)9-2-3-10(17)11(18)6-9/h2-3,6,12H,4-5,7-8H2,1H3/t12-,16-/m0/s1. The van der Waals surface area contributed by atoms with Crippen LogP contribution in [0.2, 0.25) is 10.0 Å². The SMILES string of the molecule is C[C@]12CCC(=O)N1[C@H](C(=O)OCC(=O)c1ccc(Cl)c(Cl)c1)CS2. The van der Waals surface area contributed by atoms with E-state index in [0.717, 1.165) is 6.42 Å². The van der Waals surface area contributed by atoms with Crippen LogP contribution in [0.25, 0.3) is 0 Å². The van der Waals surface area contributed by atoms with E-state index in [4.69, 9.17) is 27.9 Å². The summed E-state index contributed by atoms with van der Waals surface area (Å²) in [6.45, 7) is 1.56. The molecule has 1 aromatic rings. The minimum Gasteiger partial charge on any atom is -0.456 e. The molecule has 2 aliphatic heterocycles. The molecule has 0 bridgehead atoms. The van der Waals surface area contributed by atoms with Crippen LogP contribution in [0.1, 0.15) is 30.1 Å². The van der Waals surface area contributed by atoms with Crippen LogP contribution in [0, 0.1) is 0 Å². The third kappa shape index (κ3) is 3.15. The number of hydrogen-bond donors (Lipinski definition) is 0. The Bertz CT molecular complexity index is 726. The van der Waals surface area contributed by atoms with Gasteiger partial charge in [0.05, 0.1) is 14.9 Å². The van der Waals surface area contributed by atoms with Crippen molar-refractivity contribution in [3.8, 4) is 0 Å². The quantitative estimate of drug-likeness (QED) is 0.586. The lowest BCUT2D eigenvalue weighted by molar-refractivity contribution is -0.152. The highest BCUT2D eigenvalue weighted by Gasteiger charge is 2.53. The van der Waals surface area contributed by atoms with Crippen molar-refractivity contribution in [2.45, 2.75) is 30.7 Å². The predicted molar refractivity (Wildman–Crippen MR) is 92.5 cm³/mol. The van der Waals surface area contributed by atoms with Gasteiger partial charge in [-0.3, -0.25) is 9.59 Å². The van der Waals surface area contributed by atoms with Gasteiger partial charge in [-0.15, -0.1) is 11.8 Å². The summed E-state index contributed by atoms with van der Waals surface area (Å²) in [5.41, 5.74) is 0.320. The summed E-state index contributed by atoms with van der Waals surface area (Å²) in [5.74, 6) is -0.472. The van der Waals surface area contributed by atoms with Crippen LogP contribution >= 0.6 is 35.0 Å². The fourth-order valence-corrected chi connectivity index (χ4v) is 4.70.